The van der Waals surface area contributed by atoms with Gasteiger partial charge in [-0.25, -0.2) is 0 Å². The van der Waals surface area contributed by atoms with Gasteiger partial charge in [0, 0.05) is 30.4 Å². The van der Waals surface area contributed by atoms with E-state index in [0.717, 1.165) is 41.7 Å². The number of carbonyl (C=O) groups is 1. The summed E-state index contributed by atoms with van der Waals surface area (Å²) in [6.45, 7) is 1.43. The van der Waals surface area contributed by atoms with Crippen molar-refractivity contribution >= 4 is 28.2 Å². The van der Waals surface area contributed by atoms with Crippen molar-refractivity contribution in [3.05, 3.63) is 66.4 Å². The molecule has 134 valence electrons. The number of benzene rings is 2. The molecule has 1 saturated heterocycles. The Morgan fingerprint density at radius 2 is 1.93 bits per heavy atom. The number of nitrogens with one attached hydrogen (secondary N) is 1. The maximum absolute atomic E-state index is 12.7. The summed E-state index contributed by atoms with van der Waals surface area (Å²) in [6, 6.07) is 19.6. The van der Waals surface area contributed by atoms with Crippen LogP contribution in [0.2, 0.25) is 0 Å². The fraction of sp³-hybridized carbons (Fsp3) is 0.227. The van der Waals surface area contributed by atoms with Crippen LogP contribution in [0.25, 0.3) is 10.9 Å². The Kier molecular flexibility index (Phi) is 4.71. The number of hydrogen-bond donors (Lipinski definition) is 1. The van der Waals surface area contributed by atoms with Crippen LogP contribution < -0.4 is 10.2 Å². The predicted molar refractivity (Wildman–Crippen MR) is 106 cm³/mol. The molecule has 1 aliphatic rings. The molecule has 0 radical (unpaired) electrons. The van der Waals surface area contributed by atoms with Gasteiger partial charge in [0.1, 0.15) is 6.07 Å². The number of anilines is 2. The van der Waals surface area contributed by atoms with Crippen LogP contribution in [0.15, 0.2) is 60.8 Å². The maximum atomic E-state index is 12.7. The molecule has 1 aromatic heterocycles. The molecule has 5 nitrogen and oxygen atoms in total. The van der Waals surface area contributed by atoms with E-state index in [-0.39, 0.29) is 11.8 Å². The summed E-state index contributed by atoms with van der Waals surface area (Å²) < 4.78 is 0. The van der Waals surface area contributed by atoms with Gasteiger partial charge in [0.2, 0.25) is 5.91 Å². The number of aromatic nitrogens is 1. The van der Waals surface area contributed by atoms with Crippen LogP contribution in [0.1, 0.15) is 18.4 Å². The minimum absolute atomic E-state index is 0.0303. The van der Waals surface area contributed by atoms with Crippen LogP contribution in [0.5, 0.6) is 0 Å². The first-order valence-corrected chi connectivity index (χ1v) is 9.15. The molecule has 4 rings (SSSR count). The molecule has 5 heteroatoms. The smallest absolute Gasteiger partial charge is 0.229 e. The summed E-state index contributed by atoms with van der Waals surface area (Å²) in [5.41, 5.74) is 3.12. The lowest BCUT2D eigenvalue weighted by Gasteiger charge is -2.34. The van der Waals surface area contributed by atoms with Crippen molar-refractivity contribution in [3.8, 4) is 6.07 Å². The van der Waals surface area contributed by atoms with E-state index in [1.165, 1.54) is 0 Å². The van der Waals surface area contributed by atoms with Crippen molar-refractivity contribution in [2.24, 2.45) is 5.92 Å². The second-order valence-electron chi connectivity index (χ2n) is 6.79. The summed E-state index contributed by atoms with van der Waals surface area (Å²) in [5, 5.41) is 13.5. The fourth-order valence-corrected chi connectivity index (χ4v) is 3.71. The van der Waals surface area contributed by atoms with E-state index in [0.29, 0.717) is 12.1 Å². The minimum Gasteiger partial charge on any atom is -0.369 e. The Labute approximate surface area is 158 Å². The molecular weight excluding hydrogens is 336 g/mol. The molecule has 0 saturated carbocycles. The van der Waals surface area contributed by atoms with Gasteiger partial charge in [-0.05, 0) is 31.0 Å². The van der Waals surface area contributed by atoms with E-state index in [4.69, 9.17) is 0 Å². The van der Waals surface area contributed by atoms with Crippen LogP contribution in [-0.2, 0) is 4.79 Å². The number of nitrogens with zero attached hydrogens (tertiary/aromatic N) is 3. The second kappa shape index (κ2) is 7.46. The molecule has 1 fully saturated rings. The largest absolute Gasteiger partial charge is 0.369 e. The third kappa shape index (κ3) is 3.47. The quantitative estimate of drug-likeness (QED) is 0.771. The van der Waals surface area contributed by atoms with Crippen molar-refractivity contribution in [1.82, 2.24) is 4.98 Å². The third-order valence-corrected chi connectivity index (χ3v) is 5.02. The molecular formula is C22H20N4O. The maximum Gasteiger partial charge on any atom is 0.229 e. The number of fused-ring (bicyclic) bond motifs is 1. The van der Waals surface area contributed by atoms with Gasteiger partial charge in [-0.1, -0.05) is 36.4 Å². The average molecular weight is 356 g/mol. The molecule has 27 heavy (non-hydrogen) atoms. The van der Waals surface area contributed by atoms with Gasteiger partial charge in [-0.3, -0.25) is 9.78 Å². The normalized spacial score (nSPS) is 16.7. The SMILES string of the molecule is N#Cc1cnc2ccccc2c1N1CCCC(C(=O)Nc2ccccc2)C1. The van der Waals surface area contributed by atoms with Gasteiger partial charge >= 0.3 is 0 Å². The van der Waals surface area contributed by atoms with Crippen LogP contribution in [0, 0.1) is 17.2 Å². The first-order valence-electron chi connectivity index (χ1n) is 9.15. The highest BCUT2D eigenvalue weighted by molar-refractivity contribution is 5.96. The number of nitriles is 1. The van der Waals surface area contributed by atoms with Gasteiger partial charge in [-0.15, -0.1) is 0 Å². The Morgan fingerprint density at radius 3 is 2.74 bits per heavy atom. The zero-order valence-corrected chi connectivity index (χ0v) is 14.9. The van der Waals surface area contributed by atoms with Gasteiger partial charge < -0.3 is 10.2 Å². The monoisotopic (exact) mass is 356 g/mol. The van der Waals surface area contributed by atoms with Crippen LogP contribution >= 0.6 is 0 Å². The molecule has 1 N–H and O–H groups in total. The molecule has 1 atom stereocenters. The molecule has 0 bridgehead atoms. The highest BCUT2D eigenvalue weighted by atomic mass is 16.1. The molecule has 2 heterocycles. The van der Waals surface area contributed by atoms with Crippen LogP contribution in [-0.4, -0.2) is 24.0 Å². The lowest BCUT2D eigenvalue weighted by atomic mass is 9.95. The molecule has 3 aromatic rings. The Bertz CT molecular complexity index is 1010. The molecule has 1 amide bonds. The number of carbonyl (C=O) groups excluding carboxylic acids is 1. The summed E-state index contributed by atoms with van der Waals surface area (Å²) in [7, 11) is 0. The summed E-state index contributed by atoms with van der Waals surface area (Å²) in [6.07, 6.45) is 3.39. The summed E-state index contributed by atoms with van der Waals surface area (Å²) in [5.74, 6) is -0.0832. The van der Waals surface area contributed by atoms with Crippen molar-refractivity contribution in [2.45, 2.75) is 12.8 Å². The number of rotatable bonds is 3. The lowest BCUT2D eigenvalue weighted by molar-refractivity contribution is -0.120. The van der Waals surface area contributed by atoms with E-state index in [9.17, 15) is 10.1 Å². The highest BCUT2D eigenvalue weighted by Crippen LogP contribution is 2.32. The number of pyridine rings is 1. The average Bonchev–Trinajstić information content (AvgIpc) is 2.73. The minimum atomic E-state index is -0.113. The zero-order valence-electron chi connectivity index (χ0n) is 14.9. The first kappa shape index (κ1) is 17.0. The Hall–Kier alpha value is -3.39. The van der Waals surface area contributed by atoms with E-state index < -0.39 is 0 Å². The number of amides is 1. The number of hydrogen-bond acceptors (Lipinski definition) is 4. The molecule has 2 aromatic carbocycles. The van der Waals surface area contributed by atoms with Crippen molar-refractivity contribution in [1.29, 1.82) is 5.26 Å². The second-order valence-corrected chi connectivity index (χ2v) is 6.79. The van der Waals surface area contributed by atoms with E-state index in [1.807, 2.05) is 54.6 Å². The van der Waals surface area contributed by atoms with Crippen molar-refractivity contribution < 1.29 is 4.79 Å². The fourth-order valence-electron chi connectivity index (χ4n) is 3.71. The predicted octanol–water partition coefficient (Wildman–Crippen LogP) is 3.96. The van der Waals surface area contributed by atoms with Gasteiger partial charge in [0.05, 0.1) is 22.7 Å². The molecule has 0 aliphatic carbocycles. The highest BCUT2D eigenvalue weighted by Gasteiger charge is 2.28. The van der Waals surface area contributed by atoms with Gasteiger partial charge in [0.25, 0.3) is 0 Å². The van der Waals surface area contributed by atoms with E-state index in [1.54, 1.807) is 6.20 Å². The van der Waals surface area contributed by atoms with Crippen LogP contribution in [0.3, 0.4) is 0 Å². The van der Waals surface area contributed by atoms with Gasteiger partial charge in [-0.2, -0.15) is 5.26 Å². The van der Waals surface area contributed by atoms with Gasteiger partial charge in [0.15, 0.2) is 0 Å². The third-order valence-electron chi connectivity index (χ3n) is 5.02. The van der Waals surface area contributed by atoms with Crippen molar-refractivity contribution in [2.75, 3.05) is 23.3 Å². The lowest BCUT2D eigenvalue weighted by Crippen LogP contribution is -2.41. The molecule has 1 aliphatic heterocycles. The Balaban J connectivity index is 1.61. The van der Waals surface area contributed by atoms with Crippen molar-refractivity contribution in [3.63, 3.8) is 0 Å². The molecule has 1 unspecified atom stereocenters. The van der Waals surface area contributed by atoms with Crippen LogP contribution in [0.4, 0.5) is 11.4 Å². The topological polar surface area (TPSA) is 69.0 Å². The number of piperidine rings is 1. The first-order chi connectivity index (χ1) is 13.3. The zero-order chi connectivity index (χ0) is 18.6. The number of para-hydroxylation sites is 2. The summed E-state index contributed by atoms with van der Waals surface area (Å²) in [4.78, 5) is 19.3. The van der Waals surface area contributed by atoms with E-state index in [2.05, 4.69) is 21.3 Å². The summed E-state index contributed by atoms with van der Waals surface area (Å²) >= 11 is 0. The van der Waals surface area contributed by atoms with E-state index >= 15 is 0 Å². The Morgan fingerprint density at radius 1 is 1.15 bits per heavy atom. The molecule has 0 spiro atoms. The standard InChI is InChI=1S/C22H20N4O/c23-13-17-14-24-20-11-5-4-10-19(20)21(17)26-12-6-7-16(15-26)22(27)25-18-8-2-1-3-9-18/h1-5,8-11,14,16H,6-7,12,15H2,(H,25,27).